The second kappa shape index (κ2) is 9.18. The second-order valence-corrected chi connectivity index (χ2v) is 10.3. The zero-order chi connectivity index (χ0) is 25.4. The van der Waals surface area contributed by atoms with Gasteiger partial charge in [-0.15, -0.1) is 0 Å². The van der Waals surface area contributed by atoms with Gasteiger partial charge in [-0.05, 0) is 60.7 Å². The summed E-state index contributed by atoms with van der Waals surface area (Å²) in [5.74, 6) is -0.794. The van der Waals surface area contributed by atoms with Crippen molar-refractivity contribution >= 4 is 38.8 Å². The fraction of sp³-hybridized carbons (Fsp3) is 0.0385. The summed E-state index contributed by atoms with van der Waals surface area (Å²) in [6, 6.07) is 20.1. The Morgan fingerprint density at radius 1 is 0.944 bits per heavy atom. The van der Waals surface area contributed by atoms with Gasteiger partial charge in [0.05, 0.1) is 11.1 Å². The molecule has 2 aromatic heterocycles. The summed E-state index contributed by atoms with van der Waals surface area (Å²) >= 11 is 5.99. The molecule has 1 amide bonds. The molecule has 0 aliphatic carbocycles. The van der Waals surface area contributed by atoms with Crippen molar-refractivity contribution in [2.45, 2.75) is 9.79 Å². The number of benzene rings is 3. The van der Waals surface area contributed by atoms with Crippen LogP contribution in [0.15, 0.2) is 101 Å². The molecule has 2 heterocycles. The molecular formula is C26H18ClFN4O3S. The van der Waals surface area contributed by atoms with Crippen LogP contribution in [0, 0.1) is 5.82 Å². The van der Waals surface area contributed by atoms with Crippen LogP contribution in [0.1, 0.15) is 10.5 Å². The van der Waals surface area contributed by atoms with Gasteiger partial charge in [-0.3, -0.25) is 9.20 Å². The molecule has 0 saturated carbocycles. The monoisotopic (exact) mass is 520 g/mol. The van der Waals surface area contributed by atoms with Crippen LogP contribution in [0.2, 0.25) is 5.02 Å². The molecule has 0 aliphatic heterocycles. The lowest BCUT2D eigenvalue weighted by Crippen LogP contribution is -2.28. The summed E-state index contributed by atoms with van der Waals surface area (Å²) in [6.07, 6.45) is 2.53. The Hall–Kier alpha value is -4.08. The summed E-state index contributed by atoms with van der Waals surface area (Å²) < 4.78 is 41.4. The normalized spacial score (nSPS) is 11.5. The van der Waals surface area contributed by atoms with Crippen molar-refractivity contribution in [2.75, 3.05) is 11.9 Å². The van der Waals surface area contributed by atoms with Crippen LogP contribution in [0.3, 0.4) is 0 Å². The van der Waals surface area contributed by atoms with Crippen LogP contribution in [-0.4, -0.2) is 35.7 Å². The highest BCUT2D eigenvalue weighted by Gasteiger charge is 2.27. The third-order valence-electron chi connectivity index (χ3n) is 5.66. The lowest BCUT2D eigenvalue weighted by molar-refractivity contribution is 0.0988. The molecular weight excluding hydrogens is 503 g/mol. The molecule has 0 N–H and O–H groups in total. The molecule has 180 valence electrons. The molecule has 3 aromatic carbocycles. The number of hydrogen-bond acceptors (Lipinski definition) is 5. The molecule has 0 aliphatic rings. The van der Waals surface area contributed by atoms with Gasteiger partial charge in [0.15, 0.2) is 0 Å². The Bertz CT molecular complexity index is 1690. The van der Waals surface area contributed by atoms with E-state index < -0.39 is 21.6 Å². The van der Waals surface area contributed by atoms with Crippen molar-refractivity contribution in [3.05, 3.63) is 108 Å². The number of amides is 1. The average molecular weight is 521 g/mol. The van der Waals surface area contributed by atoms with Gasteiger partial charge in [-0.25, -0.2) is 22.8 Å². The number of aromatic nitrogens is 3. The molecule has 5 rings (SSSR count). The first-order chi connectivity index (χ1) is 17.3. The number of nitrogens with zero attached hydrogens (tertiary/aromatic N) is 4. The van der Waals surface area contributed by atoms with Gasteiger partial charge >= 0.3 is 0 Å². The van der Waals surface area contributed by atoms with E-state index >= 15 is 0 Å². The van der Waals surface area contributed by atoms with E-state index in [1.165, 1.54) is 58.1 Å². The number of hydrogen-bond donors (Lipinski definition) is 0. The fourth-order valence-corrected chi connectivity index (χ4v) is 5.09. The quantitative estimate of drug-likeness (QED) is 0.314. The van der Waals surface area contributed by atoms with Crippen molar-refractivity contribution in [3.63, 3.8) is 0 Å². The van der Waals surface area contributed by atoms with E-state index in [1.54, 1.807) is 49.5 Å². The fourth-order valence-electron chi connectivity index (χ4n) is 3.74. The maximum Gasteiger partial charge on any atom is 0.277 e. The molecule has 36 heavy (non-hydrogen) atoms. The minimum absolute atomic E-state index is 0.0756. The number of fused-ring (bicyclic) bond motifs is 1. The molecule has 0 atom stereocenters. The van der Waals surface area contributed by atoms with Crippen LogP contribution >= 0.6 is 11.6 Å². The molecule has 0 saturated heterocycles. The standard InChI is InChI=1S/C26H18ClFN4O3S/c1-31(20-13-9-18(27)10-14-20)25(33)24-23(17-7-11-19(28)12-8-17)30-26-29-15-22(16-32(24)26)36(34,35)21-5-3-2-4-6-21/h2-16H,1H3. The summed E-state index contributed by atoms with van der Waals surface area (Å²) in [6.45, 7) is 0. The van der Waals surface area contributed by atoms with Crippen molar-refractivity contribution in [1.82, 2.24) is 14.4 Å². The lowest BCUT2D eigenvalue weighted by atomic mass is 10.1. The van der Waals surface area contributed by atoms with E-state index in [4.69, 9.17) is 11.6 Å². The number of anilines is 1. The Morgan fingerprint density at radius 3 is 2.28 bits per heavy atom. The maximum atomic E-state index is 13.8. The zero-order valence-corrected chi connectivity index (χ0v) is 20.4. The number of imidazole rings is 1. The first kappa shape index (κ1) is 23.7. The highest BCUT2D eigenvalue weighted by atomic mass is 35.5. The van der Waals surface area contributed by atoms with Crippen LogP contribution in [0.4, 0.5) is 10.1 Å². The van der Waals surface area contributed by atoms with E-state index in [2.05, 4.69) is 9.97 Å². The SMILES string of the molecule is CN(C(=O)c1c(-c2ccc(F)cc2)nc2ncc(S(=O)(=O)c3ccccc3)cn12)c1ccc(Cl)cc1. The first-order valence-corrected chi connectivity index (χ1v) is 12.6. The highest BCUT2D eigenvalue weighted by Crippen LogP contribution is 2.29. The Balaban J connectivity index is 1.71. The molecule has 5 aromatic rings. The Kier molecular flexibility index (Phi) is 6.03. The number of sulfone groups is 1. The number of carbonyl (C=O) groups is 1. The third-order valence-corrected chi connectivity index (χ3v) is 7.63. The predicted octanol–water partition coefficient (Wildman–Crippen LogP) is 5.30. The van der Waals surface area contributed by atoms with Crippen molar-refractivity contribution < 1.29 is 17.6 Å². The summed E-state index contributed by atoms with van der Waals surface area (Å²) in [5.41, 5.74) is 1.35. The second-order valence-electron chi connectivity index (χ2n) is 7.93. The van der Waals surface area contributed by atoms with Gasteiger partial charge in [0, 0.05) is 29.5 Å². The van der Waals surface area contributed by atoms with Crippen LogP contribution in [0.25, 0.3) is 17.0 Å². The summed E-state index contributed by atoms with van der Waals surface area (Å²) in [4.78, 5) is 23.9. The minimum atomic E-state index is -3.91. The van der Waals surface area contributed by atoms with Crippen LogP contribution < -0.4 is 4.90 Å². The molecule has 0 unspecified atom stereocenters. The number of halogens is 2. The maximum absolute atomic E-state index is 13.8. The van der Waals surface area contributed by atoms with Crippen molar-refractivity contribution in [1.29, 1.82) is 0 Å². The van der Waals surface area contributed by atoms with Gasteiger partial charge in [-0.2, -0.15) is 0 Å². The summed E-state index contributed by atoms with van der Waals surface area (Å²) in [7, 11) is -2.33. The summed E-state index contributed by atoms with van der Waals surface area (Å²) in [5, 5.41) is 0.515. The zero-order valence-electron chi connectivity index (χ0n) is 18.8. The predicted molar refractivity (Wildman–Crippen MR) is 134 cm³/mol. The lowest BCUT2D eigenvalue weighted by Gasteiger charge is -2.18. The Morgan fingerprint density at radius 2 is 1.61 bits per heavy atom. The molecule has 10 heteroatoms. The van der Waals surface area contributed by atoms with Gasteiger partial charge < -0.3 is 4.90 Å². The highest BCUT2D eigenvalue weighted by molar-refractivity contribution is 7.91. The average Bonchev–Trinajstić information content (AvgIpc) is 3.28. The minimum Gasteiger partial charge on any atom is -0.310 e. The number of carbonyl (C=O) groups excluding carboxylic acids is 1. The van der Waals surface area contributed by atoms with Crippen molar-refractivity contribution in [2.24, 2.45) is 0 Å². The van der Waals surface area contributed by atoms with Gasteiger partial charge in [0.2, 0.25) is 15.6 Å². The van der Waals surface area contributed by atoms with Gasteiger partial charge in [0.1, 0.15) is 22.1 Å². The largest absolute Gasteiger partial charge is 0.310 e. The molecule has 0 spiro atoms. The van der Waals surface area contributed by atoms with E-state index in [1.807, 2.05) is 0 Å². The smallest absolute Gasteiger partial charge is 0.277 e. The third kappa shape index (κ3) is 4.23. The first-order valence-electron chi connectivity index (χ1n) is 10.7. The van der Waals surface area contributed by atoms with Gasteiger partial charge in [-0.1, -0.05) is 29.8 Å². The molecule has 0 radical (unpaired) electrons. The van der Waals surface area contributed by atoms with E-state index in [0.29, 0.717) is 16.3 Å². The van der Waals surface area contributed by atoms with Gasteiger partial charge in [0.25, 0.3) is 5.91 Å². The van der Waals surface area contributed by atoms with E-state index in [-0.39, 0.29) is 27.0 Å². The molecule has 7 nitrogen and oxygen atoms in total. The molecule has 0 fully saturated rings. The van der Waals surface area contributed by atoms with Crippen LogP contribution in [0.5, 0.6) is 0 Å². The topological polar surface area (TPSA) is 84.6 Å². The van der Waals surface area contributed by atoms with Crippen molar-refractivity contribution in [3.8, 4) is 11.3 Å². The van der Waals surface area contributed by atoms with E-state index in [9.17, 15) is 17.6 Å². The number of rotatable bonds is 5. The van der Waals surface area contributed by atoms with E-state index in [0.717, 1.165) is 0 Å². The Labute approximate surface area is 211 Å². The molecule has 0 bridgehead atoms. The van der Waals surface area contributed by atoms with Crippen LogP contribution in [-0.2, 0) is 9.84 Å².